The highest BCUT2D eigenvalue weighted by molar-refractivity contribution is 5.97. The number of nitrogen functional groups attached to an aromatic ring is 1. The lowest BCUT2D eigenvalue weighted by Crippen LogP contribution is -2.05. The van der Waals surface area contributed by atoms with Gasteiger partial charge in [0.15, 0.2) is 0 Å². The maximum atomic E-state index is 11.4. The molecule has 1 heterocycles. The van der Waals surface area contributed by atoms with Crippen molar-refractivity contribution >= 4 is 41.8 Å². The number of rotatable bonds is 5. The van der Waals surface area contributed by atoms with Crippen LogP contribution in [0.15, 0.2) is 54.7 Å². The molecule has 27 heavy (non-hydrogen) atoms. The average Bonchev–Trinajstić information content (AvgIpc) is 2.62. The number of nitrogens with zero attached hydrogens (tertiary/aromatic N) is 2. The third-order valence-corrected chi connectivity index (χ3v) is 3.65. The smallest absolute Gasteiger partial charge is 0.336 e. The van der Waals surface area contributed by atoms with Crippen molar-refractivity contribution in [2.24, 2.45) is 0 Å². The second-order valence-electron chi connectivity index (χ2n) is 5.35. The molecule has 0 aliphatic carbocycles. The number of anilines is 3. The van der Waals surface area contributed by atoms with E-state index in [4.69, 9.17) is 10.8 Å². The van der Waals surface area contributed by atoms with E-state index < -0.39 is 11.9 Å². The molecule has 0 amide bonds. The fraction of sp³-hybridized carbons (Fsp3) is 0. The zero-order valence-corrected chi connectivity index (χ0v) is 14.6. The molecule has 2 aromatic carbocycles. The highest BCUT2D eigenvalue weighted by Crippen LogP contribution is 2.28. The first-order chi connectivity index (χ1) is 12.5. The van der Waals surface area contributed by atoms with Gasteiger partial charge in [-0.05, 0) is 30.3 Å². The highest BCUT2D eigenvalue weighted by Gasteiger charge is 2.15. The summed E-state index contributed by atoms with van der Waals surface area (Å²) in [6.45, 7) is 0. The van der Waals surface area contributed by atoms with Gasteiger partial charge in [-0.25, -0.2) is 14.6 Å². The highest BCUT2D eigenvalue weighted by atomic mass is 35.5. The number of nitrogens with two attached hydrogens (primary N) is 1. The van der Waals surface area contributed by atoms with Crippen molar-refractivity contribution in [1.82, 2.24) is 9.97 Å². The van der Waals surface area contributed by atoms with Crippen LogP contribution in [0, 0.1) is 0 Å². The van der Waals surface area contributed by atoms with E-state index in [9.17, 15) is 14.7 Å². The summed E-state index contributed by atoms with van der Waals surface area (Å²) in [5.74, 6) is -1.75. The number of halogens is 1. The van der Waals surface area contributed by atoms with Crippen LogP contribution in [0.4, 0.5) is 17.5 Å². The van der Waals surface area contributed by atoms with E-state index in [0.29, 0.717) is 16.8 Å². The zero-order chi connectivity index (χ0) is 18.7. The lowest BCUT2D eigenvalue weighted by Gasteiger charge is -2.10. The van der Waals surface area contributed by atoms with Crippen molar-refractivity contribution in [3.63, 3.8) is 0 Å². The molecule has 138 valence electrons. The predicted molar refractivity (Wildman–Crippen MR) is 103 cm³/mol. The summed E-state index contributed by atoms with van der Waals surface area (Å²) in [5.41, 5.74) is 7.67. The van der Waals surface area contributed by atoms with Crippen LogP contribution in [0.3, 0.4) is 0 Å². The van der Waals surface area contributed by atoms with Gasteiger partial charge in [0, 0.05) is 23.0 Å². The van der Waals surface area contributed by atoms with Crippen LogP contribution in [0.5, 0.6) is 0 Å². The molecular weight excluding hydrogens is 372 g/mol. The van der Waals surface area contributed by atoms with E-state index in [0.717, 1.165) is 0 Å². The molecule has 0 radical (unpaired) electrons. The molecule has 0 fully saturated rings. The van der Waals surface area contributed by atoms with Gasteiger partial charge >= 0.3 is 11.9 Å². The molecule has 0 aliphatic rings. The Balaban J connectivity index is 0.00000261. The summed E-state index contributed by atoms with van der Waals surface area (Å²) in [4.78, 5) is 30.5. The first kappa shape index (κ1) is 19.7. The van der Waals surface area contributed by atoms with Crippen LogP contribution in [0.25, 0.3) is 11.1 Å². The van der Waals surface area contributed by atoms with Gasteiger partial charge in [-0.1, -0.05) is 18.2 Å². The Morgan fingerprint density at radius 1 is 0.926 bits per heavy atom. The quantitative estimate of drug-likeness (QED) is 0.524. The summed E-state index contributed by atoms with van der Waals surface area (Å²) in [6, 6.07) is 12.5. The van der Waals surface area contributed by atoms with Gasteiger partial charge in [0.25, 0.3) is 0 Å². The molecule has 9 heteroatoms. The number of aromatic carboxylic acids is 2. The van der Waals surface area contributed by atoms with E-state index in [1.54, 1.807) is 30.3 Å². The minimum Gasteiger partial charge on any atom is -0.478 e. The second kappa shape index (κ2) is 8.15. The second-order valence-corrected chi connectivity index (χ2v) is 5.35. The van der Waals surface area contributed by atoms with Gasteiger partial charge in [0.05, 0.1) is 11.1 Å². The van der Waals surface area contributed by atoms with E-state index in [-0.39, 0.29) is 35.3 Å². The van der Waals surface area contributed by atoms with Crippen molar-refractivity contribution in [2.75, 3.05) is 11.1 Å². The Bertz CT molecular complexity index is 993. The summed E-state index contributed by atoms with van der Waals surface area (Å²) < 4.78 is 0. The minimum absolute atomic E-state index is 0. The van der Waals surface area contributed by atoms with E-state index in [1.165, 1.54) is 24.4 Å². The van der Waals surface area contributed by atoms with Crippen LogP contribution >= 0.6 is 12.4 Å². The molecule has 8 nitrogen and oxygen atoms in total. The Morgan fingerprint density at radius 2 is 1.59 bits per heavy atom. The van der Waals surface area contributed by atoms with Crippen LogP contribution in [-0.2, 0) is 0 Å². The summed E-state index contributed by atoms with van der Waals surface area (Å²) in [6.07, 6.45) is 1.44. The van der Waals surface area contributed by atoms with Crippen molar-refractivity contribution in [3.8, 4) is 11.1 Å². The Kier molecular flexibility index (Phi) is 5.94. The van der Waals surface area contributed by atoms with Crippen LogP contribution in [-0.4, -0.2) is 32.1 Å². The predicted octanol–water partition coefficient (Wildman–Crippen LogP) is 3.29. The number of benzene rings is 2. The monoisotopic (exact) mass is 386 g/mol. The van der Waals surface area contributed by atoms with E-state index in [2.05, 4.69) is 15.3 Å². The first-order valence-electron chi connectivity index (χ1n) is 7.51. The van der Waals surface area contributed by atoms with Crippen molar-refractivity contribution in [2.45, 2.75) is 0 Å². The standard InChI is InChI=1S/C18H14N4O4.ClH/c19-15-14(12-3-1-2-4-13(12)17(25)26)9-20-18(22-15)21-11-7-5-10(6-8-11)16(23)24;/h1-9H,(H,23,24)(H,25,26)(H3,19,20,21,22);1H. The Hall–Kier alpha value is -3.65. The number of hydrogen-bond acceptors (Lipinski definition) is 6. The minimum atomic E-state index is -1.07. The van der Waals surface area contributed by atoms with Crippen LogP contribution < -0.4 is 11.1 Å². The zero-order valence-electron chi connectivity index (χ0n) is 13.8. The van der Waals surface area contributed by atoms with Gasteiger partial charge in [-0.15, -0.1) is 12.4 Å². The molecule has 0 saturated carbocycles. The maximum Gasteiger partial charge on any atom is 0.336 e. The van der Waals surface area contributed by atoms with Gasteiger partial charge < -0.3 is 21.3 Å². The van der Waals surface area contributed by atoms with Crippen molar-refractivity contribution in [1.29, 1.82) is 0 Å². The average molecular weight is 387 g/mol. The molecule has 0 spiro atoms. The summed E-state index contributed by atoms with van der Waals surface area (Å²) in [7, 11) is 0. The number of aromatic nitrogens is 2. The lowest BCUT2D eigenvalue weighted by atomic mass is 10.0. The topological polar surface area (TPSA) is 138 Å². The molecular formula is C18H15ClN4O4. The fourth-order valence-electron chi connectivity index (χ4n) is 2.39. The van der Waals surface area contributed by atoms with Gasteiger partial charge in [0.1, 0.15) is 5.82 Å². The fourth-order valence-corrected chi connectivity index (χ4v) is 2.39. The summed E-state index contributed by atoms with van der Waals surface area (Å²) >= 11 is 0. The molecule has 0 aliphatic heterocycles. The normalized spacial score (nSPS) is 9.93. The van der Waals surface area contributed by atoms with E-state index >= 15 is 0 Å². The molecule has 3 rings (SSSR count). The number of nitrogens with one attached hydrogen (secondary N) is 1. The molecule has 1 aromatic heterocycles. The molecule has 0 saturated heterocycles. The van der Waals surface area contributed by atoms with Crippen LogP contribution in [0.1, 0.15) is 20.7 Å². The third-order valence-electron chi connectivity index (χ3n) is 3.65. The summed E-state index contributed by atoms with van der Waals surface area (Å²) in [5, 5.41) is 21.1. The molecule has 0 bridgehead atoms. The number of carboxylic acids is 2. The largest absolute Gasteiger partial charge is 0.478 e. The molecule has 0 atom stereocenters. The molecule has 5 N–H and O–H groups in total. The molecule has 3 aromatic rings. The van der Waals surface area contributed by atoms with Gasteiger partial charge in [0.2, 0.25) is 5.95 Å². The number of carbonyl (C=O) groups is 2. The van der Waals surface area contributed by atoms with Crippen molar-refractivity contribution < 1.29 is 19.8 Å². The third kappa shape index (κ3) is 4.31. The maximum absolute atomic E-state index is 11.4. The van der Waals surface area contributed by atoms with Crippen molar-refractivity contribution in [3.05, 3.63) is 65.9 Å². The Labute approximate surface area is 160 Å². The van der Waals surface area contributed by atoms with E-state index in [1.807, 2.05) is 0 Å². The SMILES string of the molecule is Cl.Nc1nc(Nc2ccc(C(=O)O)cc2)ncc1-c1ccccc1C(=O)O. The number of hydrogen-bond donors (Lipinski definition) is 4. The van der Waals surface area contributed by atoms with Gasteiger partial charge in [-0.2, -0.15) is 4.98 Å². The van der Waals surface area contributed by atoms with Crippen LogP contribution in [0.2, 0.25) is 0 Å². The number of carboxylic acid groups (broad SMARTS) is 2. The van der Waals surface area contributed by atoms with Gasteiger partial charge in [-0.3, -0.25) is 0 Å². The molecule has 0 unspecified atom stereocenters. The first-order valence-corrected chi connectivity index (χ1v) is 7.51. The lowest BCUT2D eigenvalue weighted by molar-refractivity contribution is 0.0686. The Morgan fingerprint density at radius 3 is 2.19 bits per heavy atom.